The molecule has 0 radical (unpaired) electrons. The SMILES string of the molecule is CC1(F)[C@@H](O)[C@@H](COP(=O)(O)OP(=O)(O)OP(=O)(O)O)O[C@H]1n1cc(F)c(=S)[nH]c1=S. The zero-order valence-electron chi connectivity index (χ0n) is 15.0. The maximum atomic E-state index is 15.1. The van der Waals surface area contributed by atoms with Gasteiger partial charge in [-0.1, -0.05) is 12.2 Å². The molecule has 0 amide bonds. The molecule has 2 rings (SSSR count). The third kappa shape index (κ3) is 6.85. The summed E-state index contributed by atoms with van der Waals surface area (Å²) in [5.41, 5.74) is -2.65. The van der Waals surface area contributed by atoms with Gasteiger partial charge >= 0.3 is 23.5 Å². The van der Waals surface area contributed by atoms with Crippen LogP contribution in [0.1, 0.15) is 13.2 Å². The molecule has 0 bridgehead atoms. The molecular formula is C10H15F2N2O12P3S2. The summed E-state index contributed by atoms with van der Waals surface area (Å²) in [6, 6.07) is 0. The second-order valence-corrected chi connectivity index (χ2v) is 11.4. The molecule has 1 saturated heterocycles. The fourth-order valence-electron chi connectivity index (χ4n) is 2.46. The first-order valence-electron chi connectivity index (χ1n) is 7.66. The van der Waals surface area contributed by atoms with Gasteiger partial charge in [-0.25, -0.2) is 22.5 Å². The molecule has 6 N–H and O–H groups in total. The zero-order chi connectivity index (χ0) is 24.0. The molecule has 0 aliphatic carbocycles. The lowest BCUT2D eigenvalue weighted by atomic mass is 9.98. The van der Waals surface area contributed by atoms with Gasteiger partial charge in [0.05, 0.1) is 6.61 Å². The third-order valence-electron chi connectivity index (χ3n) is 3.71. The van der Waals surface area contributed by atoms with Crippen LogP contribution in [-0.2, 0) is 31.6 Å². The van der Waals surface area contributed by atoms with Crippen molar-refractivity contribution in [2.75, 3.05) is 6.61 Å². The number of aromatic amines is 1. The average Bonchev–Trinajstić information content (AvgIpc) is 2.76. The summed E-state index contributed by atoms with van der Waals surface area (Å²) in [5.74, 6) is -0.991. The van der Waals surface area contributed by atoms with Gasteiger partial charge in [0.2, 0.25) is 0 Å². The molecule has 0 saturated carbocycles. The highest BCUT2D eigenvalue weighted by Crippen LogP contribution is 2.66. The molecule has 21 heteroatoms. The van der Waals surface area contributed by atoms with Crippen LogP contribution in [0.25, 0.3) is 0 Å². The van der Waals surface area contributed by atoms with Crippen LogP contribution in [0.2, 0.25) is 0 Å². The van der Waals surface area contributed by atoms with Crippen molar-refractivity contribution >= 4 is 47.9 Å². The monoisotopic (exact) mass is 550 g/mol. The van der Waals surface area contributed by atoms with Crippen LogP contribution >= 0.6 is 47.9 Å². The van der Waals surface area contributed by atoms with Gasteiger partial charge in [-0.15, -0.1) is 0 Å². The number of aromatic nitrogens is 2. The standard InChI is InChI=1S/C10H15F2N2O12P3S2/c1-10(12)6(15)5(24-8(10)14-2-4(11)7(30)13-9(14)31)3-23-28(19,20)26-29(21,22)25-27(16,17)18/h2,5-6,8,15H,3H2,1H3,(H,19,20)(H,21,22)(H,13,30,31)(H2,16,17,18)/t5-,6+,8-,10?/m1/s1. The van der Waals surface area contributed by atoms with Gasteiger partial charge in [0.15, 0.2) is 22.5 Å². The molecule has 178 valence electrons. The van der Waals surface area contributed by atoms with Gasteiger partial charge in [0.1, 0.15) is 16.8 Å². The molecule has 0 aromatic carbocycles. The van der Waals surface area contributed by atoms with E-state index in [0.717, 1.165) is 11.5 Å². The number of hydrogen-bond acceptors (Lipinski definition) is 10. The highest BCUT2D eigenvalue weighted by molar-refractivity contribution is 7.72. The lowest BCUT2D eigenvalue weighted by Crippen LogP contribution is -2.41. The summed E-state index contributed by atoms with van der Waals surface area (Å²) in [4.78, 5) is 37.7. The molecule has 1 aliphatic heterocycles. The second-order valence-electron chi connectivity index (χ2n) is 6.15. The van der Waals surface area contributed by atoms with Crippen LogP contribution in [0.3, 0.4) is 0 Å². The number of aliphatic hydroxyl groups excluding tert-OH is 1. The normalized spacial score (nSPS) is 30.6. The first-order chi connectivity index (χ1) is 13.8. The summed E-state index contributed by atoms with van der Waals surface area (Å²) in [6.45, 7) is -0.270. The van der Waals surface area contributed by atoms with E-state index in [-0.39, 0.29) is 9.41 Å². The van der Waals surface area contributed by atoms with Crippen LogP contribution in [0.15, 0.2) is 6.20 Å². The largest absolute Gasteiger partial charge is 0.490 e. The van der Waals surface area contributed by atoms with Gasteiger partial charge in [-0.2, -0.15) is 8.62 Å². The average molecular weight is 550 g/mol. The lowest BCUT2D eigenvalue weighted by molar-refractivity contribution is -0.0598. The van der Waals surface area contributed by atoms with E-state index in [2.05, 4.69) is 30.3 Å². The van der Waals surface area contributed by atoms with Crippen LogP contribution in [0.4, 0.5) is 8.78 Å². The van der Waals surface area contributed by atoms with E-state index >= 15 is 4.39 Å². The van der Waals surface area contributed by atoms with Crippen LogP contribution < -0.4 is 0 Å². The minimum absolute atomic E-state index is 0.277. The van der Waals surface area contributed by atoms with Crippen molar-refractivity contribution in [2.45, 2.75) is 31.0 Å². The van der Waals surface area contributed by atoms with Crippen molar-refractivity contribution in [3.63, 3.8) is 0 Å². The zero-order valence-corrected chi connectivity index (χ0v) is 19.3. The Labute approximate surface area is 181 Å². The van der Waals surface area contributed by atoms with E-state index in [0.29, 0.717) is 6.20 Å². The predicted octanol–water partition coefficient (Wildman–Crippen LogP) is 1.74. The van der Waals surface area contributed by atoms with E-state index in [4.69, 9.17) is 31.6 Å². The number of halogens is 2. The lowest BCUT2D eigenvalue weighted by Gasteiger charge is -2.25. The molecule has 1 fully saturated rings. The molecule has 0 spiro atoms. The molecular weight excluding hydrogens is 535 g/mol. The summed E-state index contributed by atoms with van der Waals surface area (Å²) in [7, 11) is -16.9. The Hall–Kier alpha value is -0.290. The van der Waals surface area contributed by atoms with Crippen LogP contribution in [0.5, 0.6) is 0 Å². The number of nitrogens with zero attached hydrogens (tertiary/aromatic N) is 1. The minimum Gasteiger partial charge on any atom is -0.387 e. The van der Waals surface area contributed by atoms with Crippen LogP contribution in [-0.4, -0.2) is 58.7 Å². The van der Waals surface area contributed by atoms with E-state index in [1.807, 2.05) is 0 Å². The van der Waals surface area contributed by atoms with E-state index < -0.39 is 60.0 Å². The van der Waals surface area contributed by atoms with Crippen molar-refractivity contribution < 1.29 is 65.0 Å². The van der Waals surface area contributed by atoms with Crippen molar-refractivity contribution in [1.82, 2.24) is 9.55 Å². The van der Waals surface area contributed by atoms with Gasteiger partial charge in [-0.05, 0) is 19.1 Å². The maximum absolute atomic E-state index is 15.1. The molecule has 14 nitrogen and oxygen atoms in total. The number of phosphoric ester groups is 1. The Morgan fingerprint density at radius 3 is 2.35 bits per heavy atom. The predicted molar refractivity (Wildman–Crippen MR) is 99.7 cm³/mol. The maximum Gasteiger partial charge on any atom is 0.490 e. The third-order valence-corrected chi connectivity index (χ3v) is 8.12. The number of rotatable bonds is 8. The number of H-pyrrole nitrogens is 1. The number of phosphoric acid groups is 3. The first kappa shape index (κ1) is 27.0. The number of aliphatic hydroxyl groups is 1. The Balaban J connectivity index is 2.17. The summed E-state index contributed by atoms with van der Waals surface area (Å²) >= 11 is 9.56. The van der Waals surface area contributed by atoms with E-state index in [9.17, 15) is 28.1 Å². The van der Waals surface area contributed by atoms with E-state index in [1.54, 1.807) is 0 Å². The Bertz CT molecular complexity index is 1100. The quantitative estimate of drug-likeness (QED) is 0.201. The van der Waals surface area contributed by atoms with Gasteiger partial charge in [-0.3, -0.25) is 9.09 Å². The molecule has 1 aliphatic rings. The van der Waals surface area contributed by atoms with Crippen molar-refractivity contribution in [3.05, 3.63) is 21.4 Å². The van der Waals surface area contributed by atoms with Crippen molar-refractivity contribution in [2.24, 2.45) is 0 Å². The minimum atomic E-state index is -5.77. The molecule has 31 heavy (non-hydrogen) atoms. The molecule has 3 unspecified atom stereocenters. The second kappa shape index (κ2) is 9.16. The Morgan fingerprint density at radius 1 is 1.23 bits per heavy atom. The van der Waals surface area contributed by atoms with Crippen LogP contribution in [0, 0.1) is 15.2 Å². The summed E-state index contributed by atoms with van der Waals surface area (Å²) < 4.78 is 79.2. The number of ether oxygens (including phenoxy) is 1. The first-order valence-corrected chi connectivity index (χ1v) is 13.0. The molecule has 6 atom stereocenters. The van der Waals surface area contributed by atoms with E-state index in [1.165, 1.54) is 0 Å². The van der Waals surface area contributed by atoms with Crippen molar-refractivity contribution in [1.29, 1.82) is 0 Å². The Kier molecular flexibility index (Phi) is 7.96. The van der Waals surface area contributed by atoms with Gasteiger partial charge in [0.25, 0.3) is 0 Å². The van der Waals surface area contributed by atoms with Crippen molar-refractivity contribution in [3.8, 4) is 0 Å². The number of nitrogens with one attached hydrogen (secondary N) is 1. The summed E-state index contributed by atoms with van der Waals surface area (Å²) in [5, 5.41) is 10.1. The highest BCUT2D eigenvalue weighted by Gasteiger charge is 2.55. The summed E-state index contributed by atoms with van der Waals surface area (Å²) in [6.07, 6.45) is -4.80. The number of alkyl halides is 1. The Morgan fingerprint density at radius 2 is 1.81 bits per heavy atom. The van der Waals surface area contributed by atoms with Gasteiger partial charge < -0.3 is 34.4 Å². The fraction of sp³-hybridized carbons (Fsp3) is 0.600. The molecule has 1 aromatic heterocycles. The highest BCUT2D eigenvalue weighted by atomic mass is 32.1. The fourth-order valence-corrected chi connectivity index (χ4v) is 5.95. The smallest absolute Gasteiger partial charge is 0.387 e. The number of hydrogen-bond donors (Lipinski definition) is 6. The molecule has 1 aromatic rings. The van der Waals surface area contributed by atoms with Gasteiger partial charge in [0, 0.05) is 6.20 Å². The molecule has 2 heterocycles. The topological polar surface area (TPSA) is 210 Å².